The van der Waals surface area contributed by atoms with Gasteiger partial charge in [0.05, 0.1) is 11.8 Å². The Bertz CT molecular complexity index is 560. The molecule has 0 spiro atoms. The molecule has 128 valence electrons. The number of hydrogen-bond donors (Lipinski definition) is 2. The lowest BCUT2D eigenvalue weighted by Gasteiger charge is -2.23. The van der Waals surface area contributed by atoms with E-state index in [0.29, 0.717) is 6.54 Å². The molecule has 3 N–H and O–H groups in total. The molecule has 1 rings (SSSR count). The average Bonchev–Trinajstić information content (AvgIpc) is 2.38. The van der Waals surface area contributed by atoms with E-state index in [9.17, 15) is 9.70 Å². The molecule has 23 heavy (non-hydrogen) atoms. The molecule has 0 fully saturated rings. The number of likely N-dealkylation sites (N-methyl/N-ethyl adjacent to an activating group) is 1. The number of esters is 1. The van der Waals surface area contributed by atoms with E-state index in [0.717, 1.165) is 15.6 Å². The first-order valence-electron chi connectivity index (χ1n) is 7.14. The monoisotopic (exact) mass is 386 g/mol. The van der Waals surface area contributed by atoms with Gasteiger partial charge in [-0.05, 0) is 45.0 Å². The standard InChI is InChI=1S/C15H23BrN4O3/c1-15(2,3)23-13(21)9-20(4)8-11-6-5-10(7-12(11)16)14(17)18-19-22/h5-7,14H,8-9,17H2,1-4H3,(H,18,22). The lowest BCUT2D eigenvalue weighted by Crippen LogP contribution is -2.32. The Labute approximate surface area is 144 Å². The fourth-order valence-electron chi connectivity index (χ4n) is 1.96. The van der Waals surface area contributed by atoms with Gasteiger partial charge in [0.1, 0.15) is 11.8 Å². The molecule has 1 atom stereocenters. The van der Waals surface area contributed by atoms with Crippen LogP contribution in [0, 0.1) is 4.91 Å². The van der Waals surface area contributed by atoms with Crippen LogP contribution in [0.2, 0.25) is 0 Å². The normalized spacial score (nSPS) is 12.8. The first kappa shape index (κ1) is 19.5. The maximum Gasteiger partial charge on any atom is 0.320 e. The predicted octanol–water partition coefficient (Wildman–Crippen LogP) is 2.45. The summed E-state index contributed by atoms with van der Waals surface area (Å²) in [6, 6.07) is 5.51. The summed E-state index contributed by atoms with van der Waals surface area (Å²) in [5.74, 6) is -0.268. The van der Waals surface area contributed by atoms with Crippen molar-refractivity contribution in [3.8, 4) is 0 Å². The Morgan fingerprint density at radius 3 is 2.65 bits per heavy atom. The smallest absolute Gasteiger partial charge is 0.320 e. The quantitative estimate of drug-likeness (QED) is 0.323. The van der Waals surface area contributed by atoms with Crippen LogP contribution in [0.25, 0.3) is 0 Å². The highest BCUT2D eigenvalue weighted by Crippen LogP contribution is 2.22. The SMILES string of the molecule is CN(CC(=O)OC(C)(C)C)Cc1ccc(C(N)NN=O)cc1Br. The third kappa shape index (κ3) is 7.06. The molecule has 0 saturated carbocycles. The van der Waals surface area contributed by atoms with Crippen molar-refractivity contribution in [2.24, 2.45) is 11.0 Å². The molecule has 0 aliphatic carbocycles. The third-order valence-electron chi connectivity index (χ3n) is 2.89. The Hall–Kier alpha value is -1.51. The van der Waals surface area contributed by atoms with E-state index in [4.69, 9.17) is 10.5 Å². The van der Waals surface area contributed by atoms with Crippen molar-refractivity contribution in [2.75, 3.05) is 13.6 Å². The lowest BCUT2D eigenvalue weighted by molar-refractivity contribution is -0.155. The maximum absolute atomic E-state index is 11.8. The highest BCUT2D eigenvalue weighted by Gasteiger charge is 2.18. The van der Waals surface area contributed by atoms with Crippen LogP contribution in [0.3, 0.4) is 0 Å². The summed E-state index contributed by atoms with van der Waals surface area (Å²) in [6.45, 7) is 6.28. The lowest BCUT2D eigenvalue weighted by atomic mass is 10.1. The van der Waals surface area contributed by atoms with Crippen LogP contribution < -0.4 is 11.2 Å². The van der Waals surface area contributed by atoms with Gasteiger partial charge in [0.15, 0.2) is 0 Å². The molecule has 7 nitrogen and oxygen atoms in total. The Kier molecular flexibility index (Phi) is 7.11. The van der Waals surface area contributed by atoms with Crippen molar-refractivity contribution in [3.63, 3.8) is 0 Å². The van der Waals surface area contributed by atoms with Crippen LogP contribution >= 0.6 is 15.9 Å². The molecule has 0 radical (unpaired) electrons. The fourth-order valence-corrected chi connectivity index (χ4v) is 2.48. The summed E-state index contributed by atoms with van der Waals surface area (Å²) in [6.07, 6.45) is -0.655. The highest BCUT2D eigenvalue weighted by atomic mass is 79.9. The summed E-state index contributed by atoms with van der Waals surface area (Å²) in [5.41, 5.74) is 9.24. The minimum atomic E-state index is -0.655. The molecule has 1 unspecified atom stereocenters. The zero-order valence-electron chi connectivity index (χ0n) is 13.8. The number of carbonyl (C=O) groups excluding carboxylic acids is 1. The average molecular weight is 387 g/mol. The summed E-state index contributed by atoms with van der Waals surface area (Å²) in [5, 5.41) is 2.57. The van der Waals surface area contributed by atoms with Gasteiger partial charge in [-0.2, -0.15) is 0 Å². The summed E-state index contributed by atoms with van der Waals surface area (Å²) < 4.78 is 6.14. The second-order valence-electron chi connectivity index (χ2n) is 6.31. The van der Waals surface area contributed by atoms with Crippen molar-refractivity contribution < 1.29 is 9.53 Å². The van der Waals surface area contributed by atoms with E-state index >= 15 is 0 Å². The Morgan fingerprint density at radius 1 is 1.48 bits per heavy atom. The molecule has 0 heterocycles. The summed E-state index contributed by atoms with van der Waals surface area (Å²) in [4.78, 5) is 23.9. The van der Waals surface area contributed by atoms with Crippen molar-refractivity contribution in [3.05, 3.63) is 38.7 Å². The molecule has 0 bridgehead atoms. The predicted molar refractivity (Wildman–Crippen MR) is 92.2 cm³/mol. The minimum absolute atomic E-state index is 0.196. The maximum atomic E-state index is 11.8. The second-order valence-corrected chi connectivity index (χ2v) is 7.16. The molecule has 1 aromatic rings. The number of benzene rings is 1. The van der Waals surface area contributed by atoms with E-state index in [1.165, 1.54) is 0 Å². The Morgan fingerprint density at radius 2 is 2.13 bits per heavy atom. The molecular formula is C15H23BrN4O3. The first-order chi connectivity index (χ1) is 10.6. The zero-order valence-corrected chi connectivity index (χ0v) is 15.4. The van der Waals surface area contributed by atoms with E-state index in [2.05, 4.69) is 26.6 Å². The van der Waals surface area contributed by atoms with Crippen LogP contribution in [0.1, 0.15) is 38.1 Å². The second kappa shape index (κ2) is 8.37. The molecule has 0 saturated heterocycles. The van der Waals surface area contributed by atoms with Crippen molar-refractivity contribution in [2.45, 2.75) is 39.1 Å². The van der Waals surface area contributed by atoms with Gasteiger partial charge >= 0.3 is 5.97 Å². The summed E-state index contributed by atoms with van der Waals surface area (Å²) in [7, 11) is 1.84. The fraction of sp³-hybridized carbons (Fsp3) is 0.533. The van der Waals surface area contributed by atoms with Crippen LogP contribution in [-0.4, -0.2) is 30.1 Å². The number of carbonyl (C=O) groups is 1. The van der Waals surface area contributed by atoms with Crippen molar-refractivity contribution in [1.29, 1.82) is 0 Å². The molecule has 8 heteroatoms. The van der Waals surface area contributed by atoms with Crippen LogP contribution in [0.4, 0.5) is 0 Å². The van der Waals surface area contributed by atoms with Gasteiger partial charge in [0, 0.05) is 11.0 Å². The van der Waals surface area contributed by atoms with E-state index in [1.807, 2.05) is 50.9 Å². The number of nitrogens with zero attached hydrogens (tertiary/aromatic N) is 2. The zero-order chi connectivity index (χ0) is 17.6. The molecule has 0 aliphatic heterocycles. The van der Waals surface area contributed by atoms with Gasteiger partial charge < -0.3 is 10.5 Å². The van der Waals surface area contributed by atoms with Gasteiger partial charge in [-0.15, -0.1) is 4.91 Å². The molecule has 0 aliphatic rings. The number of hydrogen-bond acceptors (Lipinski definition) is 6. The Balaban J connectivity index is 2.66. The number of nitroso groups, excluding NO2 is 1. The topological polar surface area (TPSA) is 97.0 Å². The van der Waals surface area contributed by atoms with Gasteiger partial charge in [0.25, 0.3) is 0 Å². The van der Waals surface area contributed by atoms with Crippen molar-refractivity contribution in [1.82, 2.24) is 10.3 Å². The largest absolute Gasteiger partial charge is 0.459 e. The van der Waals surface area contributed by atoms with Gasteiger partial charge in [-0.25, -0.2) is 0 Å². The van der Waals surface area contributed by atoms with E-state index in [-0.39, 0.29) is 12.5 Å². The van der Waals surface area contributed by atoms with Gasteiger partial charge in [0.2, 0.25) is 0 Å². The number of rotatable bonds is 7. The van der Waals surface area contributed by atoms with Crippen molar-refractivity contribution >= 4 is 21.9 Å². The van der Waals surface area contributed by atoms with E-state index < -0.39 is 11.8 Å². The van der Waals surface area contributed by atoms with Crippen LogP contribution in [0.15, 0.2) is 28.0 Å². The summed E-state index contributed by atoms with van der Waals surface area (Å²) >= 11 is 3.48. The molecule has 0 amide bonds. The van der Waals surface area contributed by atoms with Crippen LogP contribution in [0.5, 0.6) is 0 Å². The third-order valence-corrected chi connectivity index (χ3v) is 3.63. The van der Waals surface area contributed by atoms with E-state index in [1.54, 1.807) is 0 Å². The van der Waals surface area contributed by atoms with Gasteiger partial charge in [-0.1, -0.05) is 28.1 Å². The molecule has 1 aromatic carbocycles. The highest BCUT2D eigenvalue weighted by molar-refractivity contribution is 9.10. The number of halogens is 1. The number of nitrogens with two attached hydrogens (primary N) is 1. The first-order valence-corrected chi connectivity index (χ1v) is 7.94. The molecular weight excluding hydrogens is 364 g/mol. The number of nitrogens with one attached hydrogen (secondary N) is 1. The minimum Gasteiger partial charge on any atom is -0.459 e. The molecule has 0 aromatic heterocycles. The number of ether oxygens (including phenoxy) is 1. The van der Waals surface area contributed by atoms with Crippen LogP contribution in [-0.2, 0) is 16.1 Å². The van der Waals surface area contributed by atoms with Gasteiger partial charge in [-0.3, -0.25) is 15.1 Å².